The molecule has 3 aliphatic heterocycles. The van der Waals surface area contributed by atoms with Gasteiger partial charge in [0, 0.05) is 0 Å². The van der Waals surface area contributed by atoms with E-state index in [0.717, 1.165) is 51.4 Å². The summed E-state index contributed by atoms with van der Waals surface area (Å²) in [7, 11) is 0. The maximum absolute atomic E-state index is 14.8. The molecule has 0 aromatic rings. The van der Waals surface area contributed by atoms with Gasteiger partial charge in [0.15, 0.2) is 18.7 Å². The highest BCUT2D eigenvalue weighted by atomic mass is 16.8. The Morgan fingerprint density at radius 2 is 1.22 bits per heavy atom. The van der Waals surface area contributed by atoms with Crippen LogP contribution in [0.3, 0.4) is 0 Å². The zero-order valence-corrected chi connectivity index (χ0v) is 31.4. The third-order valence-corrected chi connectivity index (χ3v) is 14.8. The molecule has 1 spiro atoms. The number of carbonyl (C=O) groups excluding carboxylic acids is 1. The number of ether oxygens (including phenoxy) is 6. The second-order valence-corrected chi connectivity index (χ2v) is 17.8. The molecular weight excluding hydrogens is 728 g/mol. The number of fused-ring (bicyclic) bond motifs is 3. The molecule has 7 fully saturated rings. The summed E-state index contributed by atoms with van der Waals surface area (Å²) < 4.78 is 35.4. The van der Waals surface area contributed by atoms with E-state index in [2.05, 4.69) is 13.5 Å². The number of esters is 1. The van der Waals surface area contributed by atoms with Crippen molar-refractivity contribution in [3.63, 3.8) is 0 Å². The van der Waals surface area contributed by atoms with Crippen LogP contribution >= 0.6 is 0 Å². The van der Waals surface area contributed by atoms with Gasteiger partial charge in [-0.25, -0.2) is 0 Å². The van der Waals surface area contributed by atoms with Crippen molar-refractivity contribution in [1.29, 1.82) is 0 Å². The molecule has 0 aromatic carbocycles. The first kappa shape index (κ1) is 41.8. The normalized spacial score (nSPS) is 54.0. The van der Waals surface area contributed by atoms with Gasteiger partial charge in [0.05, 0.1) is 25.2 Å². The third kappa shape index (κ3) is 6.91. The lowest BCUT2D eigenvalue weighted by molar-refractivity contribution is -0.388. The van der Waals surface area contributed by atoms with Crippen molar-refractivity contribution in [2.45, 2.75) is 164 Å². The topological polar surface area (TPSA) is 275 Å². The lowest BCUT2D eigenvalue weighted by Crippen LogP contribution is -2.67. The number of rotatable bonds is 9. The molecule has 2 bridgehead atoms. The van der Waals surface area contributed by atoms with Crippen LogP contribution in [0.15, 0.2) is 12.2 Å². The molecule has 4 aliphatic carbocycles. The number of hydrogen-bond acceptors (Lipinski definition) is 17. The summed E-state index contributed by atoms with van der Waals surface area (Å²) in [6.07, 6.45) is -17.9. The second-order valence-electron chi connectivity index (χ2n) is 17.8. The van der Waals surface area contributed by atoms with Crippen LogP contribution < -0.4 is 0 Å². The van der Waals surface area contributed by atoms with Crippen LogP contribution in [0.25, 0.3) is 0 Å². The molecule has 314 valence electrons. The van der Waals surface area contributed by atoms with E-state index in [1.54, 1.807) is 0 Å². The Morgan fingerprint density at radius 1 is 0.673 bits per heavy atom. The van der Waals surface area contributed by atoms with Gasteiger partial charge in [-0.2, -0.15) is 0 Å². The molecule has 0 radical (unpaired) electrons. The first-order chi connectivity index (χ1) is 26.0. The van der Waals surface area contributed by atoms with Gasteiger partial charge in [-0.1, -0.05) is 25.5 Å². The van der Waals surface area contributed by atoms with E-state index in [-0.39, 0.29) is 16.7 Å². The summed E-state index contributed by atoms with van der Waals surface area (Å²) in [5.74, 6) is 0.264. The van der Waals surface area contributed by atoms with Gasteiger partial charge in [-0.05, 0) is 86.9 Å². The lowest BCUT2D eigenvalue weighted by atomic mass is 9.41. The highest BCUT2D eigenvalue weighted by molar-refractivity contribution is 5.77. The minimum Gasteiger partial charge on any atom is -0.432 e. The fourth-order valence-corrected chi connectivity index (χ4v) is 11.9. The third-order valence-electron chi connectivity index (χ3n) is 14.8. The first-order valence-electron chi connectivity index (χ1n) is 19.8. The average molecular weight is 789 g/mol. The zero-order valence-electron chi connectivity index (χ0n) is 31.4. The van der Waals surface area contributed by atoms with Gasteiger partial charge >= 0.3 is 5.97 Å². The Kier molecular flexibility index (Phi) is 11.9. The fourth-order valence-electron chi connectivity index (χ4n) is 11.9. The molecule has 17 nitrogen and oxygen atoms in total. The summed E-state index contributed by atoms with van der Waals surface area (Å²) >= 11 is 0. The molecule has 21 atom stereocenters. The van der Waals surface area contributed by atoms with Gasteiger partial charge < -0.3 is 79.5 Å². The van der Waals surface area contributed by atoms with Crippen LogP contribution in [0.4, 0.5) is 0 Å². The molecule has 4 saturated carbocycles. The molecule has 55 heavy (non-hydrogen) atoms. The molecular formula is C38H60O17. The Morgan fingerprint density at radius 3 is 1.80 bits per heavy atom. The Hall–Kier alpha value is -1.39. The van der Waals surface area contributed by atoms with Crippen molar-refractivity contribution in [3.8, 4) is 0 Å². The molecule has 7 aliphatic rings. The summed E-state index contributed by atoms with van der Waals surface area (Å²) in [5.41, 5.74) is 0.335. The molecule has 0 unspecified atom stereocenters. The van der Waals surface area contributed by atoms with Crippen LogP contribution in [-0.4, -0.2) is 169 Å². The molecule has 0 aromatic heterocycles. The number of aliphatic hydroxyl groups excluding tert-OH is 10. The second kappa shape index (κ2) is 15.7. The van der Waals surface area contributed by atoms with Crippen molar-refractivity contribution in [2.24, 2.45) is 34.0 Å². The van der Waals surface area contributed by atoms with Crippen molar-refractivity contribution in [2.75, 3.05) is 19.8 Å². The van der Waals surface area contributed by atoms with Gasteiger partial charge in [0.2, 0.25) is 6.29 Å². The van der Waals surface area contributed by atoms with Crippen LogP contribution in [0.2, 0.25) is 0 Å². The van der Waals surface area contributed by atoms with E-state index in [9.17, 15) is 55.9 Å². The number of hydrogen-bond donors (Lipinski definition) is 10. The summed E-state index contributed by atoms with van der Waals surface area (Å²) in [6.45, 7) is 6.22. The summed E-state index contributed by atoms with van der Waals surface area (Å²) in [6, 6.07) is 0. The van der Waals surface area contributed by atoms with E-state index in [1.165, 1.54) is 5.57 Å². The largest absolute Gasteiger partial charge is 0.432 e. The summed E-state index contributed by atoms with van der Waals surface area (Å²) in [4.78, 5) is 14.8. The quantitative estimate of drug-likeness (QED) is 0.0889. The molecule has 10 N–H and O–H groups in total. The van der Waals surface area contributed by atoms with Crippen molar-refractivity contribution in [1.82, 2.24) is 0 Å². The molecule has 3 heterocycles. The van der Waals surface area contributed by atoms with E-state index < -0.39 is 123 Å². The first-order valence-corrected chi connectivity index (χ1v) is 19.8. The molecule has 0 amide bonds. The standard InChI is InChI=1S/C38H60O17/c1-16-11-38-10-7-21-36(2,22(38)6-5-17(16)12-38)8-4-9-37(21,3)35(49)55-34-31(54-33-29(48)27(46)24(43)19(14-40)51-33)30(25(44)20(15-41)52-34)53-32-28(47)26(45)23(42)18(13-39)50-32/h17-34,39-48H,1,4-15H2,2-3H3/t17-,18+,19+,20+,21+,22+,23+,24+,25+,26-,27-,28+,29+,30-,31+,32-,33-,34-,36-,37-,38-/m0/s1. The van der Waals surface area contributed by atoms with Crippen molar-refractivity contribution < 1.29 is 84.3 Å². The van der Waals surface area contributed by atoms with Gasteiger partial charge in [-0.3, -0.25) is 4.79 Å². The Labute approximate surface area is 319 Å². The van der Waals surface area contributed by atoms with Gasteiger partial charge in [0.25, 0.3) is 0 Å². The highest BCUT2D eigenvalue weighted by Crippen LogP contribution is 2.72. The SMILES string of the molecule is C=C1C[C@]23CC[C@@H]4[C@](C)(CCC[C@]4(C)C(=O)O[C@@H]4O[C@H](CO)[C@@H](O)[C@H](O[C@@H]5O[C@H](CO)[C@@H](O)[C@H](O)[C@H]5O)[C@H]4O[C@@H]4O[C@H](CO)[C@@H](O)[C@H](O)[C@H]4O)[C@H]2CC[C@H]1C3. The van der Waals surface area contributed by atoms with E-state index in [1.807, 2.05) is 6.92 Å². The monoisotopic (exact) mass is 788 g/mol. The van der Waals surface area contributed by atoms with Crippen molar-refractivity contribution >= 4 is 5.97 Å². The van der Waals surface area contributed by atoms with Crippen molar-refractivity contribution in [3.05, 3.63) is 12.2 Å². The Bertz CT molecular complexity index is 1400. The Balaban J connectivity index is 1.20. The lowest BCUT2D eigenvalue weighted by Gasteiger charge is -2.63. The predicted octanol–water partition coefficient (Wildman–Crippen LogP) is -2.05. The number of aliphatic hydroxyl groups is 10. The fraction of sp³-hybridized carbons (Fsp3) is 0.921. The van der Waals surface area contributed by atoms with Crippen LogP contribution in [0.1, 0.15) is 71.6 Å². The predicted molar refractivity (Wildman–Crippen MR) is 185 cm³/mol. The van der Waals surface area contributed by atoms with Gasteiger partial charge in [0.1, 0.15) is 67.1 Å². The zero-order chi connectivity index (χ0) is 39.8. The van der Waals surface area contributed by atoms with E-state index in [4.69, 9.17) is 28.4 Å². The van der Waals surface area contributed by atoms with Crippen LogP contribution in [0.5, 0.6) is 0 Å². The maximum Gasteiger partial charge on any atom is 0.314 e. The summed E-state index contributed by atoms with van der Waals surface area (Å²) in [5, 5.41) is 105. The molecule has 7 rings (SSSR count). The van der Waals surface area contributed by atoms with Crippen LogP contribution in [-0.2, 0) is 33.2 Å². The molecule has 3 saturated heterocycles. The van der Waals surface area contributed by atoms with E-state index >= 15 is 0 Å². The average Bonchev–Trinajstić information content (AvgIpc) is 3.39. The van der Waals surface area contributed by atoms with E-state index in [0.29, 0.717) is 18.3 Å². The minimum atomic E-state index is -1.94. The number of carbonyl (C=O) groups is 1. The van der Waals surface area contributed by atoms with Gasteiger partial charge in [-0.15, -0.1) is 0 Å². The highest BCUT2D eigenvalue weighted by Gasteiger charge is 2.66. The number of allylic oxidation sites excluding steroid dienone is 1. The van der Waals surface area contributed by atoms with Crippen LogP contribution in [0, 0.1) is 34.0 Å². The molecule has 17 heteroatoms. The minimum absolute atomic E-state index is 0.0592. The maximum atomic E-state index is 14.8. The smallest absolute Gasteiger partial charge is 0.314 e.